The maximum absolute atomic E-state index is 14.6. The topological polar surface area (TPSA) is 87.2 Å². The molecule has 0 aliphatic carbocycles. The number of likely N-dealkylation sites (tertiary alicyclic amines) is 1. The van der Waals surface area contributed by atoms with Crippen molar-refractivity contribution in [2.24, 2.45) is 17.8 Å². The number of esters is 1. The highest BCUT2D eigenvalue weighted by Crippen LogP contribution is 2.68. The molecule has 0 aromatic heterocycles. The van der Waals surface area contributed by atoms with E-state index in [4.69, 9.17) is 16.3 Å². The Balaban J connectivity index is 1.83. The van der Waals surface area contributed by atoms with Gasteiger partial charge < -0.3 is 19.6 Å². The van der Waals surface area contributed by atoms with Gasteiger partial charge >= 0.3 is 5.97 Å². The van der Waals surface area contributed by atoms with Gasteiger partial charge in [0.25, 0.3) is 5.91 Å². The molecule has 3 aliphatic rings. The number of rotatable bonds is 11. The highest BCUT2D eigenvalue weighted by Gasteiger charge is 2.76. The molecule has 206 valence electrons. The molecule has 7 atom stereocenters. The third-order valence-electron chi connectivity index (χ3n) is 7.83. The van der Waals surface area contributed by atoms with E-state index in [1.54, 1.807) is 46.2 Å². The molecule has 1 aromatic carbocycles. The number of para-hydroxylation sites is 1. The summed E-state index contributed by atoms with van der Waals surface area (Å²) in [6, 6.07) is 5.56. The number of halogens is 2. The number of alkyl halides is 1. The molecule has 0 saturated carbocycles. The molecule has 3 fully saturated rings. The number of carbonyl (C=O) groups excluding carboxylic acids is 3. The van der Waals surface area contributed by atoms with Gasteiger partial charge in [0.2, 0.25) is 5.91 Å². The van der Waals surface area contributed by atoms with Crippen LogP contribution in [0.1, 0.15) is 26.7 Å². The van der Waals surface area contributed by atoms with Gasteiger partial charge in [-0.1, -0.05) is 65.7 Å². The molecule has 2 amide bonds. The van der Waals surface area contributed by atoms with Gasteiger partial charge in [-0.3, -0.25) is 14.4 Å². The van der Waals surface area contributed by atoms with Crippen molar-refractivity contribution in [3.05, 3.63) is 54.6 Å². The van der Waals surface area contributed by atoms with E-state index in [2.05, 4.69) is 29.1 Å². The van der Waals surface area contributed by atoms with E-state index in [0.29, 0.717) is 23.6 Å². The summed E-state index contributed by atoms with van der Waals surface area (Å²) >= 11 is 11.8. The zero-order chi connectivity index (χ0) is 27.8. The van der Waals surface area contributed by atoms with Crippen LogP contribution in [0, 0.1) is 17.8 Å². The average molecular weight is 626 g/mol. The molecular formula is C28H34BrClN2O5S. The number of aliphatic hydroxyl groups excluding tert-OH is 1. The number of nitrogens with zero attached hydrogens (tertiary/aromatic N) is 2. The van der Waals surface area contributed by atoms with Gasteiger partial charge in [-0.25, -0.2) is 0 Å². The van der Waals surface area contributed by atoms with Crippen LogP contribution < -0.4 is 4.90 Å². The molecule has 1 spiro atoms. The third kappa shape index (κ3) is 4.73. The highest BCUT2D eigenvalue weighted by atomic mass is 79.9. The number of carbonyl (C=O) groups is 3. The summed E-state index contributed by atoms with van der Waals surface area (Å²) in [7, 11) is 0. The molecule has 3 heterocycles. The van der Waals surface area contributed by atoms with E-state index in [0.717, 1.165) is 0 Å². The fourth-order valence-corrected chi connectivity index (χ4v) is 10.0. The summed E-state index contributed by atoms with van der Waals surface area (Å²) < 4.78 is 4.70. The van der Waals surface area contributed by atoms with Crippen molar-refractivity contribution in [3.8, 4) is 0 Å². The zero-order valence-electron chi connectivity index (χ0n) is 21.6. The van der Waals surface area contributed by atoms with Crippen LogP contribution in [0.4, 0.5) is 5.69 Å². The lowest BCUT2D eigenvalue weighted by Crippen LogP contribution is -2.59. The number of thioether (sulfide) groups is 1. The number of hydrogen-bond donors (Lipinski definition) is 1. The highest BCUT2D eigenvalue weighted by molar-refractivity contribution is 9.09. The summed E-state index contributed by atoms with van der Waals surface area (Å²) in [5, 5.41) is 10.6. The number of ether oxygens (including phenoxy) is 1. The van der Waals surface area contributed by atoms with Crippen LogP contribution in [0.15, 0.2) is 49.6 Å². The number of amides is 2. The second-order valence-corrected chi connectivity index (χ2v) is 13.5. The molecule has 4 rings (SSSR count). The van der Waals surface area contributed by atoms with Gasteiger partial charge in [0, 0.05) is 16.6 Å². The number of hydrogen-bond acceptors (Lipinski definition) is 6. The lowest BCUT2D eigenvalue weighted by Gasteiger charge is -2.41. The van der Waals surface area contributed by atoms with Gasteiger partial charge in [-0.15, -0.1) is 24.9 Å². The summed E-state index contributed by atoms with van der Waals surface area (Å²) in [5.74, 6) is -2.57. The minimum absolute atomic E-state index is 0.0800. The Bertz CT molecular complexity index is 1120. The first kappa shape index (κ1) is 29.2. The molecule has 3 unspecified atom stereocenters. The van der Waals surface area contributed by atoms with Crippen LogP contribution >= 0.6 is 39.3 Å². The molecule has 2 bridgehead atoms. The van der Waals surface area contributed by atoms with Crippen molar-refractivity contribution in [2.45, 2.75) is 53.6 Å². The number of aliphatic hydroxyl groups is 1. The van der Waals surface area contributed by atoms with Gasteiger partial charge in [-0.2, -0.15) is 0 Å². The van der Waals surface area contributed by atoms with E-state index < -0.39 is 34.6 Å². The summed E-state index contributed by atoms with van der Waals surface area (Å²) in [4.78, 5) is 45.3. The van der Waals surface area contributed by atoms with Gasteiger partial charge in [0.05, 0.1) is 46.5 Å². The third-order valence-corrected chi connectivity index (χ3v) is 11.4. The largest absolute Gasteiger partial charge is 0.465 e. The summed E-state index contributed by atoms with van der Waals surface area (Å²) in [6.45, 7) is 11.4. The van der Waals surface area contributed by atoms with Crippen molar-refractivity contribution in [1.29, 1.82) is 0 Å². The minimum Gasteiger partial charge on any atom is -0.465 e. The van der Waals surface area contributed by atoms with Crippen LogP contribution in [0.5, 0.6) is 0 Å². The van der Waals surface area contributed by atoms with Crippen LogP contribution in [0.3, 0.4) is 0 Å². The number of benzene rings is 1. The van der Waals surface area contributed by atoms with E-state index in [1.165, 1.54) is 11.8 Å². The second kappa shape index (κ2) is 11.7. The fraction of sp³-hybridized carbons (Fsp3) is 0.536. The normalized spacial score (nSPS) is 30.3. The molecular weight excluding hydrogens is 592 g/mol. The lowest BCUT2D eigenvalue weighted by atomic mass is 9.71. The van der Waals surface area contributed by atoms with E-state index >= 15 is 0 Å². The Kier molecular flexibility index (Phi) is 9.02. The zero-order valence-corrected chi connectivity index (χ0v) is 24.8. The Labute approximate surface area is 241 Å². The first-order valence-corrected chi connectivity index (χ1v) is 15.0. The van der Waals surface area contributed by atoms with Crippen LogP contribution in [0.25, 0.3) is 0 Å². The predicted octanol–water partition coefficient (Wildman–Crippen LogP) is 4.46. The number of fused-ring (bicyclic) bond motifs is 1. The van der Waals surface area contributed by atoms with E-state index in [1.807, 2.05) is 13.8 Å². The Morgan fingerprint density at radius 2 is 2.05 bits per heavy atom. The summed E-state index contributed by atoms with van der Waals surface area (Å²) in [5.41, 5.74) is 0.518. The Morgan fingerprint density at radius 3 is 2.66 bits per heavy atom. The van der Waals surface area contributed by atoms with Crippen molar-refractivity contribution < 1.29 is 24.2 Å². The predicted molar refractivity (Wildman–Crippen MR) is 155 cm³/mol. The lowest BCUT2D eigenvalue weighted by molar-refractivity contribution is -0.154. The minimum atomic E-state index is -0.906. The average Bonchev–Trinajstić information content (AvgIpc) is 3.47. The molecule has 3 aliphatic heterocycles. The van der Waals surface area contributed by atoms with Gasteiger partial charge in [0.15, 0.2) is 0 Å². The van der Waals surface area contributed by atoms with E-state index in [-0.39, 0.29) is 47.6 Å². The molecule has 7 nitrogen and oxygen atoms in total. The Morgan fingerprint density at radius 1 is 1.34 bits per heavy atom. The fourth-order valence-electron chi connectivity index (χ4n) is 6.19. The van der Waals surface area contributed by atoms with E-state index in [9.17, 15) is 19.5 Å². The molecule has 3 saturated heterocycles. The standard InChI is InChI=1S/C28H34BrClN2O5S/c1-5-7-13-37-27(36)21-22-25(34)32(20(15-33)16(3)4)24(28(22)14-17(29)23(21)38-28)26(35)31(12-6-2)19-11-9-8-10-18(19)30/h5-6,8-11,16-17,20-24,33H,1-2,7,12-15H2,3-4H3/t17?,20-,21+,22-,23+,24?,28?/m0/s1. The molecule has 1 N–H and O–H groups in total. The van der Waals surface area contributed by atoms with Crippen molar-refractivity contribution >= 4 is 62.8 Å². The monoisotopic (exact) mass is 624 g/mol. The second-order valence-electron chi connectivity index (χ2n) is 10.3. The maximum atomic E-state index is 14.6. The molecule has 10 heteroatoms. The molecule has 1 aromatic rings. The first-order valence-electron chi connectivity index (χ1n) is 12.8. The molecule has 0 radical (unpaired) electrons. The first-order chi connectivity index (χ1) is 18.1. The SMILES string of the molecule is C=CCCOC(=O)[C@H]1[C@@H]2SC3(CC2Br)C(C(=O)N(CC=C)c2ccccc2Cl)N([C@@H](CO)C(C)C)C(=O)[C@H]13. The van der Waals surface area contributed by atoms with Crippen molar-refractivity contribution in [3.63, 3.8) is 0 Å². The van der Waals surface area contributed by atoms with Crippen molar-refractivity contribution in [1.82, 2.24) is 4.90 Å². The smallest absolute Gasteiger partial charge is 0.310 e. The van der Waals surface area contributed by atoms with Crippen LogP contribution in [-0.2, 0) is 19.1 Å². The van der Waals surface area contributed by atoms with Gasteiger partial charge in [-0.05, 0) is 30.9 Å². The molecule has 38 heavy (non-hydrogen) atoms. The Hall–Kier alpha value is -1.81. The number of anilines is 1. The van der Waals surface area contributed by atoms with Crippen LogP contribution in [-0.4, -0.2) is 74.5 Å². The van der Waals surface area contributed by atoms with Crippen LogP contribution in [0.2, 0.25) is 5.02 Å². The van der Waals surface area contributed by atoms with Gasteiger partial charge in [0.1, 0.15) is 6.04 Å². The van der Waals surface area contributed by atoms with Crippen molar-refractivity contribution in [2.75, 3.05) is 24.7 Å². The summed E-state index contributed by atoms with van der Waals surface area (Å²) in [6.07, 6.45) is 4.34. The quantitative estimate of drug-likeness (QED) is 0.169. The maximum Gasteiger partial charge on any atom is 0.310 e.